The Morgan fingerprint density at radius 2 is 1.89 bits per heavy atom. The van der Waals surface area contributed by atoms with Gasteiger partial charge in [-0.3, -0.25) is 9.59 Å². The van der Waals surface area contributed by atoms with E-state index in [9.17, 15) is 14.0 Å². The molecule has 0 spiro atoms. The smallest absolute Gasteiger partial charge is 0.253 e. The molecule has 0 unspecified atom stereocenters. The molecule has 2 aromatic carbocycles. The summed E-state index contributed by atoms with van der Waals surface area (Å²) in [6, 6.07) is 12.0. The molecule has 5 heteroatoms. The number of rotatable bonds is 4. The van der Waals surface area contributed by atoms with Crippen LogP contribution in [-0.4, -0.2) is 29.8 Å². The third-order valence-corrected chi connectivity index (χ3v) is 4.90. The standard InChI is InChI=1S/C22H25FN2O2/c1-15-9-16(2)11-19(10-15)22(27)25-8-4-6-18(14-25)21(26)24-13-17-5-3-7-20(23)12-17/h3,5,7,9-12,18H,4,6,8,13-14H2,1-2H3,(H,24,26)/t18-/m1/s1. The van der Waals surface area contributed by atoms with Crippen molar-refractivity contribution in [1.29, 1.82) is 0 Å². The van der Waals surface area contributed by atoms with E-state index in [1.165, 1.54) is 12.1 Å². The molecule has 1 fully saturated rings. The molecule has 0 saturated carbocycles. The minimum absolute atomic E-state index is 0.0237. The predicted octanol–water partition coefficient (Wildman–Crippen LogP) is 3.61. The van der Waals surface area contributed by atoms with E-state index in [1.54, 1.807) is 17.0 Å². The Morgan fingerprint density at radius 3 is 2.59 bits per heavy atom. The Bertz CT molecular complexity index is 830. The van der Waals surface area contributed by atoms with Crippen LogP contribution in [0.15, 0.2) is 42.5 Å². The molecule has 27 heavy (non-hydrogen) atoms. The SMILES string of the molecule is Cc1cc(C)cc(C(=O)N2CCC[C@@H](C(=O)NCc3cccc(F)c3)C2)c1. The van der Waals surface area contributed by atoms with Gasteiger partial charge in [-0.2, -0.15) is 0 Å². The van der Waals surface area contributed by atoms with Gasteiger partial charge in [0.2, 0.25) is 5.91 Å². The van der Waals surface area contributed by atoms with Gasteiger partial charge in [0.25, 0.3) is 5.91 Å². The van der Waals surface area contributed by atoms with E-state index in [1.807, 2.05) is 32.0 Å². The number of piperidine rings is 1. The lowest BCUT2D eigenvalue weighted by atomic mass is 9.96. The number of amides is 2. The summed E-state index contributed by atoms with van der Waals surface area (Å²) in [5, 5.41) is 2.87. The van der Waals surface area contributed by atoms with E-state index >= 15 is 0 Å². The molecule has 1 atom stereocenters. The van der Waals surface area contributed by atoms with Crippen LogP contribution in [0.25, 0.3) is 0 Å². The first-order chi connectivity index (χ1) is 12.9. The summed E-state index contributed by atoms with van der Waals surface area (Å²) in [5.74, 6) is -0.659. The van der Waals surface area contributed by atoms with Crippen LogP contribution < -0.4 is 5.32 Å². The lowest BCUT2D eigenvalue weighted by molar-refractivity contribution is -0.126. The molecule has 3 rings (SSSR count). The van der Waals surface area contributed by atoms with Crippen molar-refractivity contribution in [2.24, 2.45) is 5.92 Å². The Morgan fingerprint density at radius 1 is 1.15 bits per heavy atom. The lowest BCUT2D eigenvalue weighted by Crippen LogP contribution is -2.45. The molecule has 1 heterocycles. The Kier molecular flexibility index (Phi) is 5.89. The Labute approximate surface area is 159 Å². The first-order valence-corrected chi connectivity index (χ1v) is 9.32. The van der Waals surface area contributed by atoms with E-state index in [0.717, 1.165) is 29.5 Å². The maximum Gasteiger partial charge on any atom is 0.253 e. The van der Waals surface area contributed by atoms with Crippen molar-refractivity contribution < 1.29 is 14.0 Å². The molecule has 2 amide bonds. The van der Waals surface area contributed by atoms with Gasteiger partial charge in [0, 0.05) is 25.2 Å². The zero-order chi connectivity index (χ0) is 19.4. The number of carbonyl (C=O) groups excluding carboxylic acids is 2. The summed E-state index contributed by atoms with van der Waals surface area (Å²) in [7, 11) is 0. The summed E-state index contributed by atoms with van der Waals surface area (Å²) < 4.78 is 13.2. The van der Waals surface area contributed by atoms with Crippen molar-refractivity contribution in [1.82, 2.24) is 10.2 Å². The van der Waals surface area contributed by atoms with Crippen LogP contribution in [0, 0.1) is 25.6 Å². The van der Waals surface area contributed by atoms with Crippen LogP contribution in [0.4, 0.5) is 4.39 Å². The quantitative estimate of drug-likeness (QED) is 0.896. The number of likely N-dealkylation sites (tertiary alicyclic amines) is 1. The van der Waals surface area contributed by atoms with Crippen LogP contribution in [-0.2, 0) is 11.3 Å². The van der Waals surface area contributed by atoms with Crippen molar-refractivity contribution in [2.45, 2.75) is 33.2 Å². The van der Waals surface area contributed by atoms with Crippen molar-refractivity contribution in [3.63, 3.8) is 0 Å². The van der Waals surface area contributed by atoms with Crippen LogP contribution in [0.5, 0.6) is 0 Å². The molecule has 142 valence electrons. The molecule has 1 saturated heterocycles. The maximum atomic E-state index is 13.2. The van der Waals surface area contributed by atoms with Gasteiger partial charge in [0.1, 0.15) is 5.82 Å². The molecule has 0 aromatic heterocycles. The highest BCUT2D eigenvalue weighted by molar-refractivity contribution is 5.95. The molecule has 0 radical (unpaired) electrons. The molecule has 1 aliphatic rings. The van der Waals surface area contributed by atoms with E-state index in [0.29, 0.717) is 18.7 Å². The second kappa shape index (κ2) is 8.33. The average molecular weight is 368 g/mol. The number of hydrogen-bond acceptors (Lipinski definition) is 2. The molecule has 0 aliphatic carbocycles. The largest absolute Gasteiger partial charge is 0.352 e. The van der Waals surface area contributed by atoms with Gasteiger partial charge in [0.15, 0.2) is 0 Å². The summed E-state index contributed by atoms with van der Waals surface area (Å²) >= 11 is 0. The number of nitrogens with zero attached hydrogens (tertiary/aromatic N) is 1. The zero-order valence-corrected chi connectivity index (χ0v) is 15.8. The molecular formula is C22H25FN2O2. The van der Waals surface area contributed by atoms with Gasteiger partial charge >= 0.3 is 0 Å². The first kappa shape index (κ1) is 19.1. The average Bonchev–Trinajstić information content (AvgIpc) is 2.65. The molecule has 0 bridgehead atoms. The topological polar surface area (TPSA) is 49.4 Å². The van der Waals surface area contributed by atoms with Gasteiger partial charge in [-0.05, 0) is 56.5 Å². The normalized spacial score (nSPS) is 16.9. The number of carbonyl (C=O) groups is 2. The van der Waals surface area contributed by atoms with Crippen LogP contribution in [0.1, 0.15) is 39.9 Å². The van der Waals surface area contributed by atoms with Gasteiger partial charge < -0.3 is 10.2 Å². The fraction of sp³-hybridized carbons (Fsp3) is 0.364. The fourth-order valence-corrected chi connectivity index (χ4v) is 3.64. The van der Waals surface area contributed by atoms with Gasteiger partial charge in [0.05, 0.1) is 5.92 Å². The van der Waals surface area contributed by atoms with E-state index in [4.69, 9.17) is 0 Å². The Hall–Kier alpha value is -2.69. The second-order valence-corrected chi connectivity index (χ2v) is 7.31. The van der Waals surface area contributed by atoms with E-state index in [-0.39, 0.29) is 30.1 Å². The third-order valence-electron chi connectivity index (χ3n) is 4.90. The summed E-state index contributed by atoms with van der Waals surface area (Å²) in [5.41, 5.74) is 3.51. The first-order valence-electron chi connectivity index (χ1n) is 9.32. The highest BCUT2D eigenvalue weighted by Crippen LogP contribution is 2.20. The van der Waals surface area contributed by atoms with Gasteiger partial charge in [-0.1, -0.05) is 29.3 Å². The molecule has 4 nitrogen and oxygen atoms in total. The number of aryl methyl sites for hydroxylation is 2. The van der Waals surface area contributed by atoms with Crippen LogP contribution in [0.3, 0.4) is 0 Å². The minimum atomic E-state index is -0.315. The van der Waals surface area contributed by atoms with Gasteiger partial charge in [-0.25, -0.2) is 4.39 Å². The lowest BCUT2D eigenvalue weighted by Gasteiger charge is -2.32. The van der Waals surface area contributed by atoms with Crippen molar-refractivity contribution in [2.75, 3.05) is 13.1 Å². The summed E-state index contributed by atoms with van der Waals surface area (Å²) in [6.07, 6.45) is 1.56. The summed E-state index contributed by atoms with van der Waals surface area (Å²) in [6.45, 7) is 5.32. The van der Waals surface area contributed by atoms with Crippen LogP contribution in [0.2, 0.25) is 0 Å². The third kappa shape index (κ3) is 4.94. The maximum absolute atomic E-state index is 13.2. The predicted molar refractivity (Wildman–Crippen MR) is 103 cm³/mol. The fourth-order valence-electron chi connectivity index (χ4n) is 3.64. The monoisotopic (exact) mass is 368 g/mol. The molecule has 1 aliphatic heterocycles. The van der Waals surface area contributed by atoms with Crippen molar-refractivity contribution >= 4 is 11.8 Å². The van der Waals surface area contributed by atoms with Gasteiger partial charge in [-0.15, -0.1) is 0 Å². The van der Waals surface area contributed by atoms with Crippen LogP contribution >= 0.6 is 0 Å². The molecule has 1 N–H and O–H groups in total. The van der Waals surface area contributed by atoms with E-state index in [2.05, 4.69) is 5.32 Å². The number of nitrogens with one attached hydrogen (secondary N) is 1. The zero-order valence-electron chi connectivity index (χ0n) is 15.8. The Balaban J connectivity index is 1.61. The van der Waals surface area contributed by atoms with Crippen molar-refractivity contribution in [3.8, 4) is 0 Å². The summed E-state index contributed by atoms with van der Waals surface area (Å²) in [4.78, 5) is 27.1. The molecular weight excluding hydrogens is 343 g/mol. The van der Waals surface area contributed by atoms with Crippen molar-refractivity contribution in [3.05, 3.63) is 70.5 Å². The highest BCUT2D eigenvalue weighted by Gasteiger charge is 2.29. The molecule has 2 aromatic rings. The highest BCUT2D eigenvalue weighted by atomic mass is 19.1. The second-order valence-electron chi connectivity index (χ2n) is 7.31. The minimum Gasteiger partial charge on any atom is -0.352 e. The number of hydrogen-bond donors (Lipinski definition) is 1. The van der Waals surface area contributed by atoms with E-state index < -0.39 is 0 Å². The number of benzene rings is 2. The number of halogens is 1.